The molecule has 0 saturated heterocycles. The Morgan fingerprint density at radius 3 is 2.29 bits per heavy atom. The van der Waals surface area contributed by atoms with Gasteiger partial charge in [-0.15, -0.1) is 0 Å². The van der Waals surface area contributed by atoms with E-state index >= 15 is 0 Å². The lowest BCUT2D eigenvalue weighted by Gasteiger charge is -2.17. The lowest BCUT2D eigenvalue weighted by atomic mass is 9.89. The van der Waals surface area contributed by atoms with Crippen LogP contribution < -0.4 is 0 Å². The molecular weight excluding hydrogens is 180 g/mol. The van der Waals surface area contributed by atoms with Crippen molar-refractivity contribution in [3.05, 3.63) is 0 Å². The van der Waals surface area contributed by atoms with Gasteiger partial charge in [0, 0.05) is 0 Å². The SMILES string of the molecule is CC(C)(C)CCCCC(O)CC(=O)O. The molecule has 0 rings (SSSR count). The Morgan fingerprint density at radius 2 is 1.86 bits per heavy atom. The van der Waals surface area contributed by atoms with E-state index in [0.29, 0.717) is 11.8 Å². The Kier molecular flexibility index (Phi) is 5.77. The van der Waals surface area contributed by atoms with E-state index < -0.39 is 12.1 Å². The topological polar surface area (TPSA) is 57.5 Å². The molecule has 84 valence electrons. The third-order valence-corrected chi connectivity index (χ3v) is 2.12. The van der Waals surface area contributed by atoms with Crippen LogP contribution in [0.4, 0.5) is 0 Å². The first-order chi connectivity index (χ1) is 6.31. The molecule has 0 spiro atoms. The third kappa shape index (κ3) is 9.52. The van der Waals surface area contributed by atoms with Crippen molar-refractivity contribution < 1.29 is 15.0 Å². The number of carbonyl (C=O) groups is 1. The first-order valence-corrected chi connectivity index (χ1v) is 5.21. The Morgan fingerprint density at radius 1 is 1.29 bits per heavy atom. The number of aliphatic hydroxyl groups is 1. The fourth-order valence-electron chi connectivity index (χ4n) is 1.34. The van der Waals surface area contributed by atoms with Crippen molar-refractivity contribution in [2.75, 3.05) is 0 Å². The van der Waals surface area contributed by atoms with Gasteiger partial charge in [0.2, 0.25) is 0 Å². The number of aliphatic hydroxyl groups excluding tert-OH is 1. The number of aliphatic carboxylic acids is 1. The van der Waals surface area contributed by atoms with Crippen LogP contribution in [0.25, 0.3) is 0 Å². The molecule has 1 atom stereocenters. The number of unbranched alkanes of at least 4 members (excludes halogenated alkanes) is 1. The van der Waals surface area contributed by atoms with Gasteiger partial charge in [0.25, 0.3) is 0 Å². The molecule has 0 fully saturated rings. The second-order valence-corrected chi connectivity index (χ2v) is 5.06. The van der Waals surface area contributed by atoms with Crippen LogP contribution in [0.3, 0.4) is 0 Å². The second-order valence-electron chi connectivity index (χ2n) is 5.06. The van der Waals surface area contributed by atoms with E-state index in [1.807, 2.05) is 0 Å². The van der Waals surface area contributed by atoms with Gasteiger partial charge in [-0.3, -0.25) is 4.79 Å². The maximum absolute atomic E-state index is 10.2. The molecule has 0 aliphatic carbocycles. The van der Waals surface area contributed by atoms with E-state index in [0.717, 1.165) is 19.3 Å². The van der Waals surface area contributed by atoms with Gasteiger partial charge in [0.15, 0.2) is 0 Å². The molecule has 0 aromatic rings. The molecule has 0 bridgehead atoms. The normalized spacial score (nSPS) is 14.0. The molecule has 0 heterocycles. The average molecular weight is 202 g/mol. The third-order valence-electron chi connectivity index (χ3n) is 2.12. The van der Waals surface area contributed by atoms with Crippen LogP contribution in [-0.2, 0) is 4.79 Å². The van der Waals surface area contributed by atoms with Crippen LogP contribution in [0.15, 0.2) is 0 Å². The molecule has 0 aromatic heterocycles. The minimum absolute atomic E-state index is 0.129. The second kappa shape index (κ2) is 6.02. The summed E-state index contributed by atoms with van der Waals surface area (Å²) in [6.07, 6.45) is 2.88. The maximum Gasteiger partial charge on any atom is 0.305 e. The van der Waals surface area contributed by atoms with E-state index in [1.54, 1.807) is 0 Å². The zero-order valence-corrected chi connectivity index (χ0v) is 9.42. The average Bonchev–Trinajstić information content (AvgIpc) is 1.95. The van der Waals surface area contributed by atoms with Crippen molar-refractivity contribution in [1.29, 1.82) is 0 Å². The minimum Gasteiger partial charge on any atom is -0.481 e. The highest BCUT2D eigenvalue weighted by Crippen LogP contribution is 2.22. The molecule has 1 unspecified atom stereocenters. The number of rotatable bonds is 6. The van der Waals surface area contributed by atoms with Crippen LogP contribution in [0.5, 0.6) is 0 Å². The molecule has 2 N–H and O–H groups in total. The van der Waals surface area contributed by atoms with Gasteiger partial charge >= 0.3 is 5.97 Å². The van der Waals surface area contributed by atoms with E-state index in [9.17, 15) is 9.90 Å². The fourth-order valence-corrected chi connectivity index (χ4v) is 1.34. The number of hydrogen-bond donors (Lipinski definition) is 2. The van der Waals surface area contributed by atoms with Gasteiger partial charge in [-0.1, -0.05) is 33.6 Å². The van der Waals surface area contributed by atoms with Crippen LogP contribution >= 0.6 is 0 Å². The van der Waals surface area contributed by atoms with Gasteiger partial charge < -0.3 is 10.2 Å². The van der Waals surface area contributed by atoms with E-state index in [4.69, 9.17) is 5.11 Å². The number of carboxylic acids is 1. The van der Waals surface area contributed by atoms with Crippen LogP contribution in [0, 0.1) is 5.41 Å². The Hall–Kier alpha value is -0.570. The molecule has 0 radical (unpaired) electrons. The molecule has 0 aliphatic heterocycles. The van der Waals surface area contributed by atoms with Crippen LogP contribution in [-0.4, -0.2) is 22.3 Å². The van der Waals surface area contributed by atoms with E-state index in [-0.39, 0.29) is 6.42 Å². The molecular formula is C11H22O3. The fraction of sp³-hybridized carbons (Fsp3) is 0.909. The summed E-state index contributed by atoms with van der Waals surface area (Å²) in [7, 11) is 0. The van der Waals surface area contributed by atoms with E-state index in [2.05, 4.69) is 20.8 Å². The summed E-state index contributed by atoms with van der Waals surface area (Å²) < 4.78 is 0. The Labute approximate surface area is 86.1 Å². The summed E-state index contributed by atoms with van der Waals surface area (Å²) in [5.74, 6) is -0.923. The van der Waals surface area contributed by atoms with Crippen molar-refractivity contribution in [3.63, 3.8) is 0 Å². The standard InChI is InChI=1S/C11H22O3/c1-11(2,3)7-5-4-6-9(12)8-10(13)14/h9,12H,4-8H2,1-3H3,(H,13,14). The zero-order chi connectivity index (χ0) is 11.2. The highest BCUT2D eigenvalue weighted by Gasteiger charge is 2.11. The zero-order valence-electron chi connectivity index (χ0n) is 9.42. The van der Waals surface area contributed by atoms with Crippen molar-refractivity contribution >= 4 is 5.97 Å². The number of carboxylic acid groups (broad SMARTS) is 1. The predicted octanol–water partition coefficient (Wildman–Crippen LogP) is 2.43. The smallest absolute Gasteiger partial charge is 0.305 e. The monoisotopic (exact) mass is 202 g/mol. The van der Waals surface area contributed by atoms with Crippen molar-refractivity contribution in [2.45, 2.75) is 59.0 Å². The molecule has 3 heteroatoms. The summed E-state index contributed by atoms with van der Waals surface area (Å²) in [6.45, 7) is 6.54. The quantitative estimate of drug-likeness (QED) is 0.650. The first-order valence-electron chi connectivity index (χ1n) is 5.21. The first kappa shape index (κ1) is 13.4. The van der Waals surface area contributed by atoms with Crippen molar-refractivity contribution in [2.24, 2.45) is 5.41 Å². The molecule has 14 heavy (non-hydrogen) atoms. The summed E-state index contributed by atoms with van der Waals surface area (Å²) in [6, 6.07) is 0. The minimum atomic E-state index is -0.923. The highest BCUT2D eigenvalue weighted by molar-refractivity contribution is 5.67. The highest BCUT2D eigenvalue weighted by atomic mass is 16.4. The maximum atomic E-state index is 10.2. The molecule has 0 aliphatic rings. The summed E-state index contributed by atoms with van der Waals surface area (Å²) in [5, 5.41) is 17.7. The van der Waals surface area contributed by atoms with E-state index in [1.165, 1.54) is 0 Å². The largest absolute Gasteiger partial charge is 0.481 e. The molecule has 3 nitrogen and oxygen atoms in total. The summed E-state index contributed by atoms with van der Waals surface area (Å²) in [4.78, 5) is 10.2. The van der Waals surface area contributed by atoms with Crippen LogP contribution in [0.2, 0.25) is 0 Å². The lowest BCUT2D eigenvalue weighted by Crippen LogP contribution is -2.13. The van der Waals surface area contributed by atoms with Gasteiger partial charge in [0.1, 0.15) is 0 Å². The number of hydrogen-bond acceptors (Lipinski definition) is 2. The predicted molar refractivity (Wildman–Crippen MR) is 56.2 cm³/mol. The Balaban J connectivity index is 3.41. The van der Waals surface area contributed by atoms with Crippen molar-refractivity contribution in [1.82, 2.24) is 0 Å². The van der Waals surface area contributed by atoms with Gasteiger partial charge in [0.05, 0.1) is 12.5 Å². The lowest BCUT2D eigenvalue weighted by molar-refractivity contribution is -0.139. The molecule has 0 aromatic carbocycles. The van der Waals surface area contributed by atoms with Crippen molar-refractivity contribution in [3.8, 4) is 0 Å². The summed E-state index contributed by atoms with van der Waals surface area (Å²) >= 11 is 0. The summed E-state index contributed by atoms with van der Waals surface area (Å²) in [5.41, 5.74) is 0.331. The van der Waals surface area contributed by atoms with Gasteiger partial charge in [-0.25, -0.2) is 0 Å². The Bertz CT molecular complexity index is 170. The molecule has 0 saturated carbocycles. The molecule has 0 amide bonds. The van der Waals surface area contributed by atoms with Gasteiger partial charge in [-0.05, 0) is 18.3 Å². The van der Waals surface area contributed by atoms with Gasteiger partial charge in [-0.2, -0.15) is 0 Å². The van der Waals surface area contributed by atoms with Crippen LogP contribution in [0.1, 0.15) is 52.9 Å².